The Morgan fingerprint density at radius 3 is 2.50 bits per heavy atom. The summed E-state index contributed by atoms with van der Waals surface area (Å²) in [6.07, 6.45) is 1.38. The van der Waals surface area contributed by atoms with Crippen LogP contribution in [0.3, 0.4) is 0 Å². The maximum Gasteiger partial charge on any atom is 0.335 e. The zero-order valence-electron chi connectivity index (χ0n) is 15.9. The van der Waals surface area contributed by atoms with Gasteiger partial charge in [-0.3, -0.25) is 9.59 Å². The molecule has 0 radical (unpaired) electrons. The van der Waals surface area contributed by atoms with Crippen molar-refractivity contribution in [1.29, 1.82) is 0 Å². The van der Waals surface area contributed by atoms with Gasteiger partial charge in [0.15, 0.2) is 0 Å². The lowest BCUT2D eigenvalue weighted by atomic mass is 9.97. The number of fused-ring (bicyclic) bond motifs is 1. The molecule has 2 aromatic rings. The predicted octanol–water partition coefficient (Wildman–Crippen LogP) is 2.36. The number of carboxylic acid groups (broad SMARTS) is 1. The van der Waals surface area contributed by atoms with Crippen LogP contribution in [0, 0.1) is 0 Å². The van der Waals surface area contributed by atoms with Crippen LogP contribution < -0.4 is 0 Å². The van der Waals surface area contributed by atoms with E-state index in [1.807, 2.05) is 36.4 Å². The topological polar surface area (TPSA) is 77.9 Å². The quantitative estimate of drug-likeness (QED) is 0.835. The molecule has 1 heterocycles. The molecule has 0 atom stereocenters. The number of benzene rings is 2. The van der Waals surface area contributed by atoms with Crippen molar-refractivity contribution in [1.82, 2.24) is 9.80 Å². The first-order chi connectivity index (χ1) is 13.4. The molecule has 3 rings (SSSR count). The average molecular weight is 380 g/mol. The molecule has 146 valence electrons. The number of aromatic carboxylic acids is 1. The molecule has 0 aromatic heterocycles. The van der Waals surface area contributed by atoms with E-state index in [0.29, 0.717) is 32.5 Å². The van der Waals surface area contributed by atoms with Gasteiger partial charge in [-0.05, 0) is 41.7 Å². The minimum atomic E-state index is -0.977. The SMILES string of the molecule is CC(=O)N(CCc1ccccc1)CC(=O)N1CCc2ccc(C(=O)O)cc2C1. The smallest absolute Gasteiger partial charge is 0.335 e. The van der Waals surface area contributed by atoms with E-state index in [1.165, 1.54) is 6.92 Å². The Hall–Kier alpha value is -3.15. The molecular weight excluding hydrogens is 356 g/mol. The van der Waals surface area contributed by atoms with Gasteiger partial charge in [0.05, 0.1) is 12.1 Å². The minimum Gasteiger partial charge on any atom is -0.478 e. The molecule has 2 amide bonds. The Morgan fingerprint density at radius 2 is 1.82 bits per heavy atom. The van der Waals surface area contributed by atoms with Gasteiger partial charge in [0.2, 0.25) is 11.8 Å². The maximum absolute atomic E-state index is 12.8. The second-order valence-corrected chi connectivity index (χ2v) is 7.03. The third kappa shape index (κ3) is 4.76. The van der Waals surface area contributed by atoms with E-state index in [9.17, 15) is 14.4 Å². The van der Waals surface area contributed by atoms with Crippen molar-refractivity contribution in [3.05, 3.63) is 70.8 Å². The highest BCUT2D eigenvalue weighted by Gasteiger charge is 2.24. The molecule has 0 unspecified atom stereocenters. The van der Waals surface area contributed by atoms with Crippen LogP contribution in [-0.4, -0.2) is 52.3 Å². The van der Waals surface area contributed by atoms with E-state index in [-0.39, 0.29) is 23.9 Å². The molecule has 0 saturated carbocycles. The van der Waals surface area contributed by atoms with Crippen molar-refractivity contribution in [3.63, 3.8) is 0 Å². The Morgan fingerprint density at radius 1 is 1.07 bits per heavy atom. The number of rotatable bonds is 6. The second-order valence-electron chi connectivity index (χ2n) is 7.03. The van der Waals surface area contributed by atoms with Gasteiger partial charge in [-0.2, -0.15) is 0 Å². The van der Waals surface area contributed by atoms with Crippen molar-refractivity contribution < 1.29 is 19.5 Å². The first-order valence-electron chi connectivity index (χ1n) is 9.36. The fraction of sp³-hybridized carbons (Fsp3) is 0.318. The van der Waals surface area contributed by atoms with E-state index in [2.05, 4.69) is 0 Å². The summed E-state index contributed by atoms with van der Waals surface area (Å²) >= 11 is 0. The van der Waals surface area contributed by atoms with Crippen molar-refractivity contribution in [2.45, 2.75) is 26.3 Å². The van der Waals surface area contributed by atoms with Gasteiger partial charge in [-0.15, -0.1) is 0 Å². The zero-order chi connectivity index (χ0) is 20.1. The van der Waals surface area contributed by atoms with Crippen molar-refractivity contribution in [2.75, 3.05) is 19.6 Å². The van der Waals surface area contributed by atoms with E-state index in [1.54, 1.807) is 21.9 Å². The highest BCUT2D eigenvalue weighted by atomic mass is 16.4. The molecule has 0 bridgehead atoms. The van der Waals surface area contributed by atoms with Gasteiger partial charge in [0, 0.05) is 26.6 Å². The fourth-order valence-corrected chi connectivity index (χ4v) is 3.42. The van der Waals surface area contributed by atoms with Crippen molar-refractivity contribution >= 4 is 17.8 Å². The number of hydrogen-bond acceptors (Lipinski definition) is 3. The summed E-state index contributed by atoms with van der Waals surface area (Å²) in [6, 6.07) is 14.9. The normalized spacial score (nSPS) is 13.0. The summed E-state index contributed by atoms with van der Waals surface area (Å²) in [4.78, 5) is 39.2. The molecule has 1 aliphatic heterocycles. The molecule has 2 aromatic carbocycles. The van der Waals surface area contributed by atoms with Crippen LogP contribution in [0.25, 0.3) is 0 Å². The van der Waals surface area contributed by atoms with Crippen LogP contribution in [0.15, 0.2) is 48.5 Å². The lowest BCUT2D eigenvalue weighted by Gasteiger charge is -2.31. The number of nitrogens with zero attached hydrogens (tertiary/aromatic N) is 2. The molecule has 0 fully saturated rings. The summed E-state index contributed by atoms with van der Waals surface area (Å²) in [5.41, 5.74) is 3.27. The van der Waals surface area contributed by atoms with Crippen LogP contribution in [-0.2, 0) is 29.0 Å². The van der Waals surface area contributed by atoms with Gasteiger partial charge in [0.1, 0.15) is 0 Å². The van der Waals surface area contributed by atoms with Crippen molar-refractivity contribution in [3.8, 4) is 0 Å². The standard InChI is InChI=1S/C22H24N2O4/c1-16(25)23(11-9-17-5-3-2-4-6-17)15-21(26)24-12-10-18-7-8-19(22(27)28)13-20(18)14-24/h2-8,13H,9-12,14-15H2,1H3,(H,27,28). The maximum atomic E-state index is 12.8. The van der Waals surface area contributed by atoms with Crippen LogP contribution >= 0.6 is 0 Å². The van der Waals surface area contributed by atoms with Crippen LogP contribution in [0.5, 0.6) is 0 Å². The molecule has 28 heavy (non-hydrogen) atoms. The molecule has 0 aliphatic carbocycles. The molecule has 1 aliphatic rings. The molecule has 0 spiro atoms. The molecular formula is C22H24N2O4. The summed E-state index contributed by atoms with van der Waals surface area (Å²) in [6.45, 7) is 2.94. The Kier molecular flexibility index (Phi) is 6.09. The lowest BCUT2D eigenvalue weighted by Crippen LogP contribution is -2.44. The number of amides is 2. The molecule has 6 heteroatoms. The predicted molar refractivity (Wildman–Crippen MR) is 105 cm³/mol. The Labute approximate surface area is 164 Å². The Bertz CT molecular complexity index is 879. The third-order valence-corrected chi connectivity index (χ3v) is 5.10. The first kappa shape index (κ1) is 19.6. The third-order valence-electron chi connectivity index (χ3n) is 5.10. The average Bonchev–Trinajstić information content (AvgIpc) is 2.70. The lowest BCUT2D eigenvalue weighted by molar-refractivity contribution is -0.140. The highest BCUT2D eigenvalue weighted by Crippen LogP contribution is 2.21. The van der Waals surface area contributed by atoms with Crippen molar-refractivity contribution in [2.24, 2.45) is 0 Å². The Balaban J connectivity index is 1.63. The van der Waals surface area contributed by atoms with E-state index in [0.717, 1.165) is 16.7 Å². The number of carboxylic acids is 1. The largest absolute Gasteiger partial charge is 0.478 e. The van der Waals surface area contributed by atoms with Gasteiger partial charge in [-0.25, -0.2) is 4.79 Å². The van der Waals surface area contributed by atoms with Crippen LogP contribution in [0.1, 0.15) is 34.0 Å². The fourth-order valence-electron chi connectivity index (χ4n) is 3.42. The summed E-state index contributed by atoms with van der Waals surface area (Å²) in [5, 5.41) is 9.17. The number of carbonyl (C=O) groups excluding carboxylic acids is 2. The van der Waals surface area contributed by atoms with E-state index in [4.69, 9.17) is 5.11 Å². The van der Waals surface area contributed by atoms with Crippen LogP contribution in [0.4, 0.5) is 0 Å². The van der Waals surface area contributed by atoms with Gasteiger partial charge < -0.3 is 14.9 Å². The highest BCUT2D eigenvalue weighted by molar-refractivity contribution is 5.88. The monoisotopic (exact) mass is 380 g/mol. The van der Waals surface area contributed by atoms with E-state index >= 15 is 0 Å². The van der Waals surface area contributed by atoms with Gasteiger partial charge in [-0.1, -0.05) is 36.4 Å². The first-order valence-corrected chi connectivity index (χ1v) is 9.36. The molecule has 6 nitrogen and oxygen atoms in total. The van der Waals surface area contributed by atoms with E-state index < -0.39 is 5.97 Å². The van der Waals surface area contributed by atoms with Crippen LogP contribution in [0.2, 0.25) is 0 Å². The summed E-state index contributed by atoms with van der Waals surface area (Å²) < 4.78 is 0. The van der Waals surface area contributed by atoms with Gasteiger partial charge in [0.25, 0.3) is 0 Å². The zero-order valence-corrected chi connectivity index (χ0v) is 15.9. The number of carbonyl (C=O) groups is 3. The molecule has 1 N–H and O–H groups in total. The minimum absolute atomic E-state index is 0.0378. The van der Waals surface area contributed by atoms with Gasteiger partial charge >= 0.3 is 5.97 Å². The summed E-state index contributed by atoms with van der Waals surface area (Å²) in [5.74, 6) is -1.22. The summed E-state index contributed by atoms with van der Waals surface area (Å²) in [7, 11) is 0. The second kappa shape index (κ2) is 8.69. The number of hydrogen-bond donors (Lipinski definition) is 1. The molecule has 0 saturated heterocycles.